The Labute approximate surface area is 59.5 Å². The van der Waals surface area contributed by atoms with Crippen molar-refractivity contribution in [3.8, 4) is 0 Å². The van der Waals surface area contributed by atoms with Gasteiger partial charge < -0.3 is 0 Å². The van der Waals surface area contributed by atoms with Crippen LogP contribution in [0.1, 0.15) is 0 Å². The van der Waals surface area contributed by atoms with Gasteiger partial charge in [0.15, 0.2) is 0 Å². The Balaban J connectivity index is 2.83. The van der Waals surface area contributed by atoms with Gasteiger partial charge in [-0.05, 0) is 0 Å². The van der Waals surface area contributed by atoms with Crippen LogP contribution in [0, 0.1) is 0 Å². The summed E-state index contributed by atoms with van der Waals surface area (Å²) in [5.41, 5.74) is 0. The van der Waals surface area contributed by atoms with Crippen molar-refractivity contribution in [3.05, 3.63) is 0 Å². The molecule has 0 saturated heterocycles. The third-order valence-electron chi connectivity index (χ3n) is 0.631. The van der Waals surface area contributed by atoms with Crippen LogP contribution in [0.15, 0.2) is 0 Å². The molecule has 2 radical (unpaired) electrons. The van der Waals surface area contributed by atoms with E-state index in [2.05, 4.69) is 4.74 Å². The van der Waals surface area contributed by atoms with Crippen LogP contribution < -0.4 is 0 Å². The molecule has 0 rings (SSSR count). The Morgan fingerprint density at radius 3 is 2.57 bits per heavy atom. The van der Waals surface area contributed by atoms with Crippen molar-refractivity contribution in [2.75, 3.05) is 13.7 Å². The first kappa shape index (κ1) is 7.84. The monoisotopic (exact) mass is 298 g/mol. The van der Waals surface area contributed by atoms with E-state index in [4.69, 9.17) is 5.11 Å². The molecular formula is C4H10O2Pb. The van der Waals surface area contributed by atoms with Gasteiger partial charge in [-0.3, -0.25) is 0 Å². The first-order valence-electron chi connectivity index (χ1n) is 2.18. The van der Waals surface area contributed by atoms with E-state index in [1.165, 1.54) is 0 Å². The zero-order chi connectivity index (χ0) is 5.70. The van der Waals surface area contributed by atoms with Crippen LogP contribution in [0.4, 0.5) is 0 Å². The molecule has 0 aromatic carbocycles. The SMILES string of the molecule is COCC(O)[CH2][PbH]. The topological polar surface area (TPSA) is 29.5 Å². The van der Waals surface area contributed by atoms with Gasteiger partial charge in [0.2, 0.25) is 0 Å². The third kappa shape index (κ3) is 4.70. The molecule has 0 bridgehead atoms. The summed E-state index contributed by atoms with van der Waals surface area (Å²) in [6.45, 7) is 0.497. The molecule has 0 aliphatic heterocycles. The molecule has 0 spiro atoms. The number of aliphatic hydroxyl groups excluding tert-OH is 1. The zero-order valence-corrected chi connectivity index (χ0v) is 8.91. The van der Waals surface area contributed by atoms with Gasteiger partial charge in [-0.25, -0.2) is 0 Å². The first-order valence-corrected chi connectivity index (χ1v) is 5.35. The fourth-order valence-electron chi connectivity index (χ4n) is 0.260. The molecular weight excluding hydrogens is 287 g/mol. The second-order valence-corrected chi connectivity index (χ2v) is 3.18. The van der Waals surface area contributed by atoms with Gasteiger partial charge in [0.25, 0.3) is 0 Å². The van der Waals surface area contributed by atoms with Crippen LogP contribution in [-0.2, 0) is 4.74 Å². The number of rotatable bonds is 3. The minimum atomic E-state index is -0.199. The van der Waals surface area contributed by atoms with E-state index in [1.807, 2.05) is 0 Å². The Morgan fingerprint density at radius 2 is 2.43 bits per heavy atom. The number of hydrogen-bond donors (Lipinski definition) is 1. The number of ether oxygens (including phenoxy) is 1. The van der Waals surface area contributed by atoms with Crippen molar-refractivity contribution in [3.63, 3.8) is 0 Å². The second kappa shape index (κ2) is 4.99. The van der Waals surface area contributed by atoms with Crippen LogP contribution in [0.2, 0.25) is 3.98 Å². The van der Waals surface area contributed by atoms with Gasteiger partial charge >= 0.3 is 59.4 Å². The molecule has 0 saturated carbocycles. The summed E-state index contributed by atoms with van der Waals surface area (Å²) in [5.74, 6) is 0. The van der Waals surface area contributed by atoms with Gasteiger partial charge in [0.1, 0.15) is 0 Å². The predicted octanol–water partition coefficient (Wildman–Crippen LogP) is -0.687. The standard InChI is InChI=1S/C4H9O2.Pb.H/c1-4(5)3-6-2;;/h4-5H,1,3H2,2H3;;. The van der Waals surface area contributed by atoms with Crippen LogP contribution >= 0.6 is 0 Å². The molecule has 2 nitrogen and oxygen atoms in total. The van der Waals surface area contributed by atoms with Crippen LogP contribution in [0.5, 0.6) is 0 Å². The number of aliphatic hydroxyl groups is 1. The molecule has 0 aromatic rings. The zero-order valence-electron chi connectivity index (χ0n) is 4.42. The van der Waals surface area contributed by atoms with Gasteiger partial charge in [-0.2, -0.15) is 0 Å². The van der Waals surface area contributed by atoms with E-state index < -0.39 is 0 Å². The maximum atomic E-state index is 8.77. The van der Waals surface area contributed by atoms with E-state index in [0.717, 1.165) is 29.7 Å². The van der Waals surface area contributed by atoms with E-state index in [0.29, 0.717) is 6.61 Å². The maximum absolute atomic E-state index is 8.77. The van der Waals surface area contributed by atoms with Crippen molar-refractivity contribution in [2.45, 2.75) is 10.1 Å². The summed E-state index contributed by atoms with van der Waals surface area (Å²) < 4.78 is 5.61. The molecule has 1 unspecified atom stereocenters. The molecule has 0 aliphatic carbocycles. The van der Waals surface area contributed by atoms with E-state index in [9.17, 15) is 0 Å². The minimum absolute atomic E-state index is 0.199. The fraction of sp³-hybridized carbons (Fsp3) is 1.00. The van der Waals surface area contributed by atoms with Gasteiger partial charge in [-0.15, -0.1) is 0 Å². The van der Waals surface area contributed by atoms with Gasteiger partial charge in [0, 0.05) is 0 Å². The molecule has 0 fully saturated rings. The van der Waals surface area contributed by atoms with Crippen molar-refractivity contribution >= 4 is 25.8 Å². The van der Waals surface area contributed by atoms with Crippen molar-refractivity contribution in [2.24, 2.45) is 0 Å². The molecule has 0 aliphatic rings. The average molecular weight is 297 g/mol. The summed E-state index contributed by atoms with van der Waals surface area (Å²) in [4.78, 5) is 0. The summed E-state index contributed by atoms with van der Waals surface area (Å²) >= 11 is 0.884. The van der Waals surface area contributed by atoms with E-state index in [1.54, 1.807) is 7.11 Å². The van der Waals surface area contributed by atoms with Crippen LogP contribution in [0.25, 0.3) is 0 Å². The molecule has 3 heteroatoms. The van der Waals surface area contributed by atoms with E-state index >= 15 is 0 Å². The number of hydrogen-bond acceptors (Lipinski definition) is 2. The van der Waals surface area contributed by atoms with Crippen molar-refractivity contribution < 1.29 is 9.84 Å². The summed E-state index contributed by atoms with van der Waals surface area (Å²) in [6.07, 6.45) is -0.199. The van der Waals surface area contributed by atoms with Crippen molar-refractivity contribution in [1.82, 2.24) is 0 Å². The predicted molar refractivity (Wildman–Crippen MR) is 29.8 cm³/mol. The number of methoxy groups -OCH3 is 1. The second-order valence-electron chi connectivity index (χ2n) is 1.34. The Bertz CT molecular complexity index is 40.7. The molecule has 0 amide bonds. The summed E-state index contributed by atoms with van der Waals surface area (Å²) in [7, 11) is 1.60. The molecule has 1 N–H and O–H groups in total. The van der Waals surface area contributed by atoms with Gasteiger partial charge in [0.05, 0.1) is 0 Å². The van der Waals surface area contributed by atoms with Crippen molar-refractivity contribution in [1.29, 1.82) is 0 Å². The molecule has 0 heterocycles. The summed E-state index contributed by atoms with van der Waals surface area (Å²) in [6, 6.07) is 0. The summed E-state index contributed by atoms with van der Waals surface area (Å²) in [5, 5.41) is 8.77. The van der Waals surface area contributed by atoms with E-state index in [-0.39, 0.29) is 6.10 Å². The first-order chi connectivity index (χ1) is 3.31. The molecule has 1 atom stereocenters. The molecule has 7 heavy (non-hydrogen) atoms. The quantitative estimate of drug-likeness (QED) is 0.699. The Hall–Kier alpha value is 0.842. The Morgan fingerprint density at radius 1 is 1.86 bits per heavy atom. The third-order valence-corrected chi connectivity index (χ3v) is 2.75. The fourth-order valence-corrected chi connectivity index (χ4v) is 0.789. The Kier molecular flexibility index (Phi) is 5.59. The molecule has 0 aromatic heterocycles. The normalized spacial score (nSPS) is 14.1. The van der Waals surface area contributed by atoms with Gasteiger partial charge in [-0.1, -0.05) is 0 Å². The average Bonchev–Trinajstić information content (AvgIpc) is 1.68. The van der Waals surface area contributed by atoms with Crippen LogP contribution in [0.3, 0.4) is 0 Å². The molecule has 42 valence electrons. The van der Waals surface area contributed by atoms with Crippen LogP contribution in [-0.4, -0.2) is 50.7 Å².